The standard InChI is InChI=1S/C22H29N5OS/c28-20(25-11-17-3-4-17)22-6-1-9-26(12-18-5-10-29-15-18)13-19(22)14-27(16-22)21-23-7-2-8-24-21/h2,5,7-8,10,15,17,19H,1,3-4,6,9,11-14,16H2,(H,25,28)/t19-,22-/m0/s1. The molecule has 0 unspecified atom stereocenters. The number of carbonyl (C=O) groups is 1. The lowest BCUT2D eigenvalue weighted by atomic mass is 9.74. The van der Waals surface area contributed by atoms with Gasteiger partial charge in [0.2, 0.25) is 11.9 Å². The second kappa shape index (κ2) is 8.03. The van der Waals surface area contributed by atoms with Crippen LogP contribution in [0.25, 0.3) is 0 Å². The molecule has 4 heterocycles. The highest BCUT2D eigenvalue weighted by molar-refractivity contribution is 7.07. The molecule has 0 spiro atoms. The molecule has 2 aromatic rings. The lowest BCUT2D eigenvalue weighted by Gasteiger charge is -2.32. The van der Waals surface area contributed by atoms with Gasteiger partial charge in [0.15, 0.2) is 0 Å². The van der Waals surface area contributed by atoms with Gasteiger partial charge >= 0.3 is 0 Å². The lowest BCUT2D eigenvalue weighted by Crippen LogP contribution is -2.48. The van der Waals surface area contributed by atoms with Gasteiger partial charge < -0.3 is 10.2 Å². The summed E-state index contributed by atoms with van der Waals surface area (Å²) in [6.45, 7) is 5.41. The van der Waals surface area contributed by atoms with Crippen molar-refractivity contribution in [3.63, 3.8) is 0 Å². The first-order chi connectivity index (χ1) is 14.2. The molecule has 1 amide bonds. The minimum Gasteiger partial charge on any atom is -0.355 e. The maximum Gasteiger partial charge on any atom is 0.228 e. The fraction of sp³-hybridized carbons (Fsp3) is 0.591. The number of carbonyl (C=O) groups excluding carboxylic acids is 1. The summed E-state index contributed by atoms with van der Waals surface area (Å²) in [6.07, 6.45) is 8.10. The number of nitrogens with one attached hydrogen (secondary N) is 1. The number of hydrogen-bond acceptors (Lipinski definition) is 6. The molecule has 1 N–H and O–H groups in total. The smallest absolute Gasteiger partial charge is 0.228 e. The van der Waals surface area contributed by atoms with Gasteiger partial charge in [-0.05, 0) is 66.6 Å². The molecule has 2 aliphatic heterocycles. The molecular formula is C22H29N5OS. The fourth-order valence-electron chi connectivity index (χ4n) is 5.01. The Hall–Kier alpha value is -1.99. The lowest BCUT2D eigenvalue weighted by molar-refractivity contribution is -0.132. The Labute approximate surface area is 176 Å². The van der Waals surface area contributed by atoms with Crippen LogP contribution in [-0.2, 0) is 11.3 Å². The topological polar surface area (TPSA) is 61.4 Å². The third kappa shape index (κ3) is 4.03. The van der Waals surface area contributed by atoms with E-state index in [0.717, 1.165) is 58.1 Å². The molecule has 29 heavy (non-hydrogen) atoms. The third-order valence-electron chi connectivity index (χ3n) is 6.79. The molecule has 2 saturated heterocycles. The zero-order chi connectivity index (χ0) is 19.7. The minimum absolute atomic E-state index is 0.255. The maximum atomic E-state index is 13.5. The van der Waals surface area contributed by atoms with Crippen molar-refractivity contribution in [1.82, 2.24) is 20.2 Å². The zero-order valence-electron chi connectivity index (χ0n) is 16.8. The van der Waals surface area contributed by atoms with E-state index < -0.39 is 0 Å². The molecule has 1 saturated carbocycles. The van der Waals surface area contributed by atoms with Crippen LogP contribution in [0.1, 0.15) is 31.2 Å². The van der Waals surface area contributed by atoms with Crippen LogP contribution in [0.5, 0.6) is 0 Å². The number of anilines is 1. The van der Waals surface area contributed by atoms with Crippen molar-refractivity contribution in [2.45, 2.75) is 32.2 Å². The van der Waals surface area contributed by atoms with Crippen LogP contribution in [-0.4, -0.2) is 53.5 Å². The number of rotatable bonds is 6. The van der Waals surface area contributed by atoms with Crippen molar-refractivity contribution in [1.29, 1.82) is 0 Å². The van der Waals surface area contributed by atoms with Crippen molar-refractivity contribution >= 4 is 23.2 Å². The first-order valence-corrected chi connectivity index (χ1v) is 11.7. The molecule has 5 rings (SSSR count). The largest absolute Gasteiger partial charge is 0.355 e. The summed E-state index contributed by atoms with van der Waals surface area (Å²) in [5, 5.41) is 7.69. The molecule has 1 aliphatic carbocycles. The Bertz CT molecular complexity index is 825. The number of amides is 1. The molecule has 3 fully saturated rings. The molecule has 3 aliphatic rings. The van der Waals surface area contributed by atoms with E-state index in [0.29, 0.717) is 11.8 Å². The summed E-state index contributed by atoms with van der Waals surface area (Å²) >= 11 is 1.75. The summed E-state index contributed by atoms with van der Waals surface area (Å²) < 4.78 is 0. The van der Waals surface area contributed by atoms with Crippen LogP contribution in [0.4, 0.5) is 5.95 Å². The molecule has 2 aromatic heterocycles. The van der Waals surface area contributed by atoms with Crippen LogP contribution in [0.3, 0.4) is 0 Å². The van der Waals surface area contributed by atoms with E-state index >= 15 is 0 Å². The minimum atomic E-state index is -0.336. The number of thiophene rings is 1. The SMILES string of the molecule is O=C(NCC1CC1)[C@]12CCCN(Cc3ccsc3)C[C@H]1CN(c1ncccn1)C2. The van der Waals surface area contributed by atoms with Crippen LogP contribution in [0, 0.1) is 17.3 Å². The monoisotopic (exact) mass is 411 g/mol. The van der Waals surface area contributed by atoms with Gasteiger partial charge in [-0.25, -0.2) is 9.97 Å². The van der Waals surface area contributed by atoms with Gasteiger partial charge in [-0.2, -0.15) is 11.3 Å². The molecule has 2 atom stereocenters. The highest BCUT2D eigenvalue weighted by Crippen LogP contribution is 2.44. The van der Waals surface area contributed by atoms with E-state index in [4.69, 9.17) is 0 Å². The normalized spacial score (nSPS) is 27.4. The van der Waals surface area contributed by atoms with E-state index in [-0.39, 0.29) is 11.3 Å². The Morgan fingerprint density at radius 3 is 2.90 bits per heavy atom. The molecule has 0 bridgehead atoms. The van der Waals surface area contributed by atoms with Gasteiger partial charge in [0.25, 0.3) is 0 Å². The van der Waals surface area contributed by atoms with Gasteiger partial charge in [-0.15, -0.1) is 0 Å². The quantitative estimate of drug-likeness (QED) is 0.792. The van der Waals surface area contributed by atoms with Crippen molar-refractivity contribution in [3.05, 3.63) is 40.8 Å². The number of nitrogens with zero attached hydrogens (tertiary/aromatic N) is 4. The third-order valence-corrected chi connectivity index (χ3v) is 7.52. The van der Waals surface area contributed by atoms with Crippen molar-refractivity contribution < 1.29 is 4.79 Å². The first-order valence-electron chi connectivity index (χ1n) is 10.8. The highest BCUT2D eigenvalue weighted by atomic mass is 32.1. The molecule has 7 heteroatoms. The van der Waals surface area contributed by atoms with Crippen molar-refractivity contribution in [2.24, 2.45) is 17.3 Å². The number of fused-ring (bicyclic) bond motifs is 1. The second-order valence-electron chi connectivity index (χ2n) is 8.91. The van der Waals surface area contributed by atoms with E-state index in [9.17, 15) is 4.79 Å². The number of likely N-dealkylation sites (tertiary alicyclic amines) is 1. The first kappa shape index (κ1) is 19.0. The molecular weight excluding hydrogens is 382 g/mol. The van der Waals surface area contributed by atoms with Gasteiger partial charge in [-0.3, -0.25) is 9.69 Å². The Kier molecular flexibility index (Phi) is 5.26. The van der Waals surface area contributed by atoms with Crippen molar-refractivity contribution in [2.75, 3.05) is 37.6 Å². The average Bonchev–Trinajstić information content (AvgIpc) is 3.36. The van der Waals surface area contributed by atoms with Gasteiger partial charge in [0, 0.05) is 51.0 Å². The molecule has 154 valence electrons. The predicted molar refractivity (Wildman–Crippen MR) is 115 cm³/mol. The molecule has 0 radical (unpaired) electrons. The zero-order valence-corrected chi connectivity index (χ0v) is 17.6. The summed E-state index contributed by atoms with van der Waals surface area (Å²) in [6, 6.07) is 4.06. The summed E-state index contributed by atoms with van der Waals surface area (Å²) in [7, 11) is 0. The van der Waals surface area contributed by atoms with E-state index in [1.807, 2.05) is 6.07 Å². The summed E-state index contributed by atoms with van der Waals surface area (Å²) in [4.78, 5) is 27.2. The summed E-state index contributed by atoms with van der Waals surface area (Å²) in [5.74, 6) is 2.00. The molecule has 0 aromatic carbocycles. The van der Waals surface area contributed by atoms with E-state index in [1.54, 1.807) is 23.7 Å². The Morgan fingerprint density at radius 2 is 2.14 bits per heavy atom. The van der Waals surface area contributed by atoms with Crippen LogP contribution in [0.15, 0.2) is 35.3 Å². The highest BCUT2D eigenvalue weighted by Gasteiger charge is 2.53. The van der Waals surface area contributed by atoms with Crippen LogP contribution >= 0.6 is 11.3 Å². The van der Waals surface area contributed by atoms with Crippen LogP contribution in [0.2, 0.25) is 0 Å². The Morgan fingerprint density at radius 1 is 1.28 bits per heavy atom. The van der Waals surface area contributed by atoms with Gasteiger partial charge in [0.1, 0.15) is 0 Å². The average molecular weight is 412 g/mol. The molecule has 6 nitrogen and oxygen atoms in total. The van der Waals surface area contributed by atoms with Crippen molar-refractivity contribution in [3.8, 4) is 0 Å². The van der Waals surface area contributed by atoms with Gasteiger partial charge in [0.05, 0.1) is 5.41 Å². The number of aromatic nitrogens is 2. The number of hydrogen-bond donors (Lipinski definition) is 1. The van der Waals surface area contributed by atoms with E-state index in [2.05, 4.69) is 41.9 Å². The maximum absolute atomic E-state index is 13.5. The van der Waals surface area contributed by atoms with Gasteiger partial charge in [-0.1, -0.05) is 0 Å². The fourth-order valence-corrected chi connectivity index (χ4v) is 5.67. The van der Waals surface area contributed by atoms with Crippen LogP contribution < -0.4 is 10.2 Å². The second-order valence-corrected chi connectivity index (χ2v) is 9.69. The Balaban J connectivity index is 1.37. The summed E-state index contributed by atoms with van der Waals surface area (Å²) in [5.41, 5.74) is 1.04. The van der Waals surface area contributed by atoms with E-state index in [1.165, 1.54) is 18.4 Å². The predicted octanol–water partition coefficient (Wildman–Crippen LogP) is 2.78.